The normalized spacial score (nSPS) is 16.1. The van der Waals surface area contributed by atoms with Crippen LogP contribution in [0.15, 0.2) is 53.6 Å². The van der Waals surface area contributed by atoms with Crippen LogP contribution in [0, 0.1) is 10.1 Å². The van der Waals surface area contributed by atoms with E-state index in [1.54, 1.807) is 18.3 Å². The molecule has 1 amide bonds. The summed E-state index contributed by atoms with van der Waals surface area (Å²) < 4.78 is 0. The average molecular weight is 386 g/mol. The lowest BCUT2D eigenvalue weighted by Crippen LogP contribution is -2.50. The van der Waals surface area contributed by atoms with Crippen LogP contribution in [0.3, 0.4) is 0 Å². The molecule has 8 heteroatoms. The van der Waals surface area contributed by atoms with Gasteiger partial charge in [-0.2, -0.15) is 0 Å². The Hall–Kier alpha value is -2.45. The number of carbonyl (C=O) groups is 1. The van der Waals surface area contributed by atoms with Crippen molar-refractivity contribution in [2.75, 3.05) is 26.2 Å². The van der Waals surface area contributed by atoms with Gasteiger partial charge in [0, 0.05) is 55.9 Å². The third-order valence-corrected chi connectivity index (χ3v) is 5.60. The number of amides is 1. The zero-order valence-corrected chi connectivity index (χ0v) is 16.0. The SMILES string of the molecule is CC(Sc1ccc([N+](=O)[O-])cc1)C(=O)N1CCN(Cc2ccccn2)CC1. The number of benzene rings is 1. The third kappa shape index (κ3) is 5.27. The molecule has 1 aromatic carbocycles. The molecule has 3 rings (SSSR count). The van der Waals surface area contributed by atoms with E-state index in [0.29, 0.717) is 13.1 Å². The summed E-state index contributed by atoms with van der Waals surface area (Å²) in [6.07, 6.45) is 1.80. The lowest BCUT2D eigenvalue weighted by atomic mass is 10.2. The third-order valence-electron chi connectivity index (χ3n) is 4.50. The maximum Gasteiger partial charge on any atom is 0.269 e. The molecule has 2 heterocycles. The van der Waals surface area contributed by atoms with Crippen molar-refractivity contribution in [3.63, 3.8) is 0 Å². The Balaban J connectivity index is 1.48. The molecule has 1 atom stereocenters. The first kappa shape index (κ1) is 19.3. The average Bonchev–Trinajstić information content (AvgIpc) is 2.69. The minimum atomic E-state index is -0.423. The predicted molar refractivity (Wildman–Crippen MR) is 105 cm³/mol. The van der Waals surface area contributed by atoms with Crippen molar-refractivity contribution in [2.24, 2.45) is 0 Å². The Bertz CT molecular complexity index is 777. The van der Waals surface area contributed by atoms with E-state index < -0.39 is 4.92 Å². The van der Waals surface area contributed by atoms with Crippen LogP contribution in [0.2, 0.25) is 0 Å². The van der Waals surface area contributed by atoms with Gasteiger partial charge in [0.1, 0.15) is 0 Å². The number of rotatable bonds is 6. The van der Waals surface area contributed by atoms with Crippen molar-refractivity contribution >= 4 is 23.4 Å². The second-order valence-corrected chi connectivity index (χ2v) is 7.85. The summed E-state index contributed by atoms with van der Waals surface area (Å²) in [7, 11) is 0. The molecule has 27 heavy (non-hydrogen) atoms. The number of carbonyl (C=O) groups excluding carboxylic acids is 1. The van der Waals surface area contributed by atoms with Crippen LogP contribution < -0.4 is 0 Å². The smallest absolute Gasteiger partial charge is 0.269 e. The van der Waals surface area contributed by atoms with Crippen LogP contribution in [0.5, 0.6) is 0 Å². The van der Waals surface area contributed by atoms with E-state index in [9.17, 15) is 14.9 Å². The van der Waals surface area contributed by atoms with Gasteiger partial charge in [-0.25, -0.2) is 0 Å². The van der Waals surface area contributed by atoms with Gasteiger partial charge in [0.25, 0.3) is 5.69 Å². The van der Waals surface area contributed by atoms with E-state index in [-0.39, 0.29) is 16.8 Å². The first-order chi connectivity index (χ1) is 13.0. The molecule has 0 spiro atoms. The number of nitro benzene ring substituents is 1. The number of pyridine rings is 1. The van der Waals surface area contributed by atoms with E-state index in [0.717, 1.165) is 30.2 Å². The largest absolute Gasteiger partial charge is 0.339 e. The topological polar surface area (TPSA) is 79.6 Å². The van der Waals surface area contributed by atoms with Crippen molar-refractivity contribution in [2.45, 2.75) is 23.6 Å². The van der Waals surface area contributed by atoms with Crippen LogP contribution in [-0.2, 0) is 11.3 Å². The number of thioether (sulfide) groups is 1. The predicted octanol–water partition coefficient (Wildman–Crippen LogP) is 2.81. The molecule has 1 unspecified atom stereocenters. The fourth-order valence-electron chi connectivity index (χ4n) is 3.01. The first-order valence-electron chi connectivity index (χ1n) is 8.85. The Morgan fingerprint density at radius 1 is 1.19 bits per heavy atom. The Kier molecular flexibility index (Phi) is 6.41. The van der Waals surface area contributed by atoms with Gasteiger partial charge in [0.05, 0.1) is 15.9 Å². The summed E-state index contributed by atoms with van der Waals surface area (Å²) in [6.45, 7) is 5.76. The maximum atomic E-state index is 12.7. The summed E-state index contributed by atoms with van der Waals surface area (Å²) in [5, 5.41) is 10.5. The number of hydrogen-bond acceptors (Lipinski definition) is 6. The van der Waals surface area contributed by atoms with Gasteiger partial charge in [0.15, 0.2) is 0 Å². The number of non-ortho nitro benzene ring substituents is 1. The number of aromatic nitrogens is 1. The van der Waals surface area contributed by atoms with Crippen molar-refractivity contribution in [1.29, 1.82) is 0 Å². The lowest BCUT2D eigenvalue weighted by molar-refractivity contribution is -0.384. The van der Waals surface area contributed by atoms with Gasteiger partial charge in [-0.05, 0) is 31.2 Å². The van der Waals surface area contributed by atoms with Crippen LogP contribution in [-0.4, -0.2) is 57.0 Å². The van der Waals surface area contributed by atoms with Crippen molar-refractivity contribution < 1.29 is 9.72 Å². The summed E-state index contributed by atoms with van der Waals surface area (Å²) in [5.41, 5.74) is 1.10. The zero-order chi connectivity index (χ0) is 19.2. The van der Waals surface area contributed by atoms with E-state index in [2.05, 4.69) is 9.88 Å². The molecule has 1 aliphatic heterocycles. The molecule has 1 fully saturated rings. The van der Waals surface area contributed by atoms with Crippen LogP contribution in [0.1, 0.15) is 12.6 Å². The molecule has 1 saturated heterocycles. The van der Waals surface area contributed by atoms with Crippen molar-refractivity contribution in [3.05, 3.63) is 64.5 Å². The molecule has 0 bridgehead atoms. The Labute approximate surface area is 162 Å². The number of piperazine rings is 1. The molecule has 142 valence electrons. The highest BCUT2D eigenvalue weighted by atomic mass is 32.2. The van der Waals surface area contributed by atoms with E-state index in [1.807, 2.05) is 30.0 Å². The molecular weight excluding hydrogens is 364 g/mol. The van der Waals surface area contributed by atoms with Gasteiger partial charge in [-0.1, -0.05) is 6.07 Å². The minimum Gasteiger partial charge on any atom is -0.339 e. The first-order valence-corrected chi connectivity index (χ1v) is 9.73. The fraction of sp³-hybridized carbons (Fsp3) is 0.368. The van der Waals surface area contributed by atoms with Gasteiger partial charge < -0.3 is 4.90 Å². The number of nitro groups is 1. The minimum absolute atomic E-state index is 0.0577. The second kappa shape index (κ2) is 8.96. The molecule has 0 radical (unpaired) electrons. The molecule has 0 aliphatic carbocycles. The molecule has 2 aromatic rings. The quantitative estimate of drug-likeness (QED) is 0.431. The molecule has 0 saturated carbocycles. The highest BCUT2D eigenvalue weighted by Crippen LogP contribution is 2.26. The summed E-state index contributed by atoms with van der Waals surface area (Å²) >= 11 is 1.43. The van der Waals surface area contributed by atoms with Crippen LogP contribution in [0.25, 0.3) is 0 Å². The maximum absolute atomic E-state index is 12.7. The standard InChI is InChI=1S/C19H22N4O3S/c1-15(27-18-7-5-17(6-8-18)23(25)26)19(24)22-12-10-21(11-13-22)14-16-4-2-3-9-20-16/h2-9,15H,10-14H2,1H3. The van der Waals surface area contributed by atoms with E-state index in [1.165, 1.54) is 23.9 Å². The highest BCUT2D eigenvalue weighted by Gasteiger charge is 2.25. The highest BCUT2D eigenvalue weighted by molar-refractivity contribution is 8.00. The zero-order valence-electron chi connectivity index (χ0n) is 15.2. The molecule has 7 nitrogen and oxygen atoms in total. The molecule has 0 N–H and O–H groups in total. The number of nitrogens with zero attached hydrogens (tertiary/aromatic N) is 4. The summed E-state index contributed by atoms with van der Waals surface area (Å²) in [4.78, 5) is 32.4. The van der Waals surface area contributed by atoms with Crippen molar-refractivity contribution in [3.8, 4) is 0 Å². The van der Waals surface area contributed by atoms with Gasteiger partial charge in [-0.3, -0.25) is 24.8 Å². The van der Waals surface area contributed by atoms with Crippen LogP contribution >= 0.6 is 11.8 Å². The molecular formula is C19H22N4O3S. The fourth-order valence-corrected chi connectivity index (χ4v) is 3.96. The Morgan fingerprint density at radius 2 is 1.89 bits per heavy atom. The van der Waals surface area contributed by atoms with Gasteiger partial charge in [0.2, 0.25) is 5.91 Å². The lowest BCUT2D eigenvalue weighted by Gasteiger charge is -2.35. The summed E-state index contributed by atoms with van der Waals surface area (Å²) in [6, 6.07) is 12.2. The second-order valence-electron chi connectivity index (χ2n) is 6.43. The van der Waals surface area contributed by atoms with E-state index in [4.69, 9.17) is 0 Å². The van der Waals surface area contributed by atoms with E-state index >= 15 is 0 Å². The van der Waals surface area contributed by atoms with Crippen LogP contribution in [0.4, 0.5) is 5.69 Å². The number of hydrogen-bond donors (Lipinski definition) is 0. The monoisotopic (exact) mass is 386 g/mol. The Morgan fingerprint density at radius 3 is 2.48 bits per heavy atom. The van der Waals surface area contributed by atoms with Crippen molar-refractivity contribution in [1.82, 2.24) is 14.8 Å². The van der Waals surface area contributed by atoms with Gasteiger partial charge >= 0.3 is 0 Å². The summed E-state index contributed by atoms with van der Waals surface area (Å²) in [5.74, 6) is 0.107. The molecule has 1 aliphatic rings. The van der Waals surface area contributed by atoms with Gasteiger partial charge in [-0.15, -0.1) is 11.8 Å². The molecule has 1 aromatic heterocycles.